The van der Waals surface area contributed by atoms with Crippen LogP contribution >= 0.6 is 0 Å². The molecule has 2 atom stereocenters. The van der Waals surface area contributed by atoms with Crippen molar-refractivity contribution in [3.8, 4) is 0 Å². The van der Waals surface area contributed by atoms with E-state index in [4.69, 9.17) is 10.5 Å². The predicted octanol–water partition coefficient (Wildman–Crippen LogP) is 3.17. The summed E-state index contributed by atoms with van der Waals surface area (Å²) in [5, 5.41) is 0. The molecule has 1 aromatic rings. The van der Waals surface area contributed by atoms with E-state index in [1.807, 2.05) is 0 Å². The first kappa shape index (κ1) is 16.5. The molecule has 3 heteroatoms. The molecule has 0 saturated carbocycles. The SMILES string of the molecule is CC(C)c1ccc(C(CN)N(C)CC2CCCOC2)cc1. The summed E-state index contributed by atoms with van der Waals surface area (Å²) in [6, 6.07) is 9.25. The Hall–Kier alpha value is -0.900. The first-order valence-corrected chi connectivity index (χ1v) is 8.19. The van der Waals surface area contributed by atoms with Gasteiger partial charge in [0, 0.05) is 25.7 Å². The van der Waals surface area contributed by atoms with Gasteiger partial charge in [0.1, 0.15) is 0 Å². The van der Waals surface area contributed by atoms with Crippen molar-refractivity contribution in [2.75, 3.05) is 33.4 Å². The fourth-order valence-corrected chi connectivity index (χ4v) is 3.16. The van der Waals surface area contributed by atoms with Crippen molar-refractivity contribution in [2.45, 2.75) is 38.6 Å². The lowest BCUT2D eigenvalue weighted by atomic mass is 9.97. The summed E-state index contributed by atoms with van der Waals surface area (Å²) in [6.07, 6.45) is 2.46. The van der Waals surface area contributed by atoms with Crippen molar-refractivity contribution >= 4 is 0 Å². The van der Waals surface area contributed by atoms with Gasteiger partial charge in [0.2, 0.25) is 0 Å². The fourth-order valence-electron chi connectivity index (χ4n) is 3.16. The maximum atomic E-state index is 6.04. The van der Waals surface area contributed by atoms with Gasteiger partial charge in [-0.3, -0.25) is 4.90 Å². The summed E-state index contributed by atoms with van der Waals surface area (Å²) in [5.41, 5.74) is 8.74. The zero-order chi connectivity index (χ0) is 15.2. The Morgan fingerprint density at radius 3 is 2.43 bits per heavy atom. The molecule has 1 saturated heterocycles. The number of rotatable bonds is 6. The van der Waals surface area contributed by atoms with E-state index in [-0.39, 0.29) is 0 Å². The summed E-state index contributed by atoms with van der Waals surface area (Å²) in [7, 11) is 2.18. The van der Waals surface area contributed by atoms with E-state index in [0.29, 0.717) is 24.4 Å². The largest absolute Gasteiger partial charge is 0.381 e. The zero-order valence-corrected chi connectivity index (χ0v) is 13.7. The van der Waals surface area contributed by atoms with E-state index in [0.717, 1.165) is 19.8 Å². The maximum absolute atomic E-state index is 6.04. The van der Waals surface area contributed by atoms with Gasteiger partial charge in [-0.05, 0) is 42.9 Å². The lowest BCUT2D eigenvalue weighted by Crippen LogP contribution is -2.36. The van der Waals surface area contributed by atoms with Gasteiger partial charge in [-0.25, -0.2) is 0 Å². The van der Waals surface area contributed by atoms with Crippen LogP contribution < -0.4 is 5.73 Å². The van der Waals surface area contributed by atoms with Crippen molar-refractivity contribution in [3.05, 3.63) is 35.4 Å². The van der Waals surface area contributed by atoms with Crippen LogP contribution in [0, 0.1) is 5.92 Å². The summed E-state index contributed by atoms with van der Waals surface area (Å²) < 4.78 is 5.59. The van der Waals surface area contributed by atoms with Gasteiger partial charge >= 0.3 is 0 Å². The molecule has 0 aliphatic carbocycles. The Morgan fingerprint density at radius 2 is 1.90 bits per heavy atom. The van der Waals surface area contributed by atoms with E-state index in [1.54, 1.807) is 0 Å². The normalized spacial score (nSPS) is 21.0. The molecule has 0 aromatic heterocycles. The molecule has 1 aromatic carbocycles. The molecule has 21 heavy (non-hydrogen) atoms. The molecular weight excluding hydrogens is 260 g/mol. The minimum Gasteiger partial charge on any atom is -0.381 e. The Labute approximate surface area is 129 Å². The quantitative estimate of drug-likeness (QED) is 0.874. The molecule has 2 unspecified atom stereocenters. The van der Waals surface area contributed by atoms with Crippen LogP contribution in [0.3, 0.4) is 0 Å². The number of hydrogen-bond donors (Lipinski definition) is 1. The molecule has 1 heterocycles. The lowest BCUT2D eigenvalue weighted by Gasteiger charge is -2.32. The fraction of sp³-hybridized carbons (Fsp3) is 0.667. The van der Waals surface area contributed by atoms with Gasteiger partial charge in [-0.15, -0.1) is 0 Å². The monoisotopic (exact) mass is 290 g/mol. The summed E-state index contributed by atoms with van der Waals surface area (Å²) in [6.45, 7) is 8.00. The van der Waals surface area contributed by atoms with E-state index in [1.165, 1.54) is 24.0 Å². The van der Waals surface area contributed by atoms with Gasteiger partial charge in [0.15, 0.2) is 0 Å². The molecule has 0 radical (unpaired) electrons. The average molecular weight is 290 g/mol. The van der Waals surface area contributed by atoms with Crippen LogP contribution in [-0.2, 0) is 4.74 Å². The van der Waals surface area contributed by atoms with Crippen LogP contribution in [0.4, 0.5) is 0 Å². The van der Waals surface area contributed by atoms with E-state index < -0.39 is 0 Å². The molecule has 3 nitrogen and oxygen atoms in total. The molecule has 2 N–H and O–H groups in total. The smallest absolute Gasteiger partial charge is 0.0506 e. The third-order valence-corrected chi connectivity index (χ3v) is 4.54. The highest BCUT2D eigenvalue weighted by atomic mass is 16.5. The van der Waals surface area contributed by atoms with E-state index in [9.17, 15) is 0 Å². The first-order valence-electron chi connectivity index (χ1n) is 8.19. The first-order chi connectivity index (χ1) is 10.1. The second-order valence-corrected chi connectivity index (χ2v) is 6.60. The summed E-state index contributed by atoms with van der Waals surface area (Å²) in [4.78, 5) is 2.39. The van der Waals surface area contributed by atoms with Gasteiger partial charge in [0.25, 0.3) is 0 Å². The van der Waals surface area contributed by atoms with Gasteiger partial charge in [0.05, 0.1) is 6.61 Å². The minimum absolute atomic E-state index is 0.299. The van der Waals surface area contributed by atoms with Gasteiger partial charge in [-0.2, -0.15) is 0 Å². The number of benzene rings is 1. The molecule has 1 fully saturated rings. The van der Waals surface area contributed by atoms with Crippen LogP contribution in [-0.4, -0.2) is 38.3 Å². The van der Waals surface area contributed by atoms with Crippen LogP contribution in [0.15, 0.2) is 24.3 Å². The third-order valence-electron chi connectivity index (χ3n) is 4.54. The zero-order valence-electron chi connectivity index (χ0n) is 13.7. The molecule has 1 aliphatic heterocycles. The topological polar surface area (TPSA) is 38.5 Å². The summed E-state index contributed by atoms with van der Waals surface area (Å²) >= 11 is 0. The second kappa shape index (κ2) is 7.92. The van der Waals surface area contributed by atoms with Gasteiger partial charge in [-0.1, -0.05) is 38.1 Å². The highest BCUT2D eigenvalue weighted by Crippen LogP contribution is 2.24. The Morgan fingerprint density at radius 1 is 1.24 bits per heavy atom. The van der Waals surface area contributed by atoms with Crippen LogP contribution in [0.25, 0.3) is 0 Å². The Kier molecular flexibility index (Phi) is 6.22. The molecule has 0 spiro atoms. The number of nitrogens with two attached hydrogens (primary N) is 1. The van der Waals surface area contributed by atoms with Crippen molar-refractivity contribution in [1.82, 2.24) is 4.90 Å². The number of likely N-dealkylation sites (N-methyl/N-ethyl adjacent to an activating group) is 1. The van der Waals surface area contributed by atoms with Crippen LogP contribution in [0.1, 0.15) is 49.8 Å². The minimum atomic E-state index is 0.299. The van der Waals surface area contributed by atoms with Crippen molar-refractivity contribution < 1.29 is 4.74 Å². The van der Waals surface area contributed by atoms with E-state index in [2.05, 4.69) is 50.1 Å². The predicted molar refractivity (Wildman–Crippen MR) is 88.5 cm³/mol. The molecule has 2 rings (SSSR count). The molecule has 118 valence electrons. The number of nitrogens with zero attached hydrogens (tertiary/aromatic N) is 1. The highest BCUT2D eigenvalue weighted by molar-refractivity contribution is 5.27. The lowest BCUT2D eigenvalue weighted by molar-refractivity contribution is 0.0365. The molecule has 0 bridgehead atoms. The van der Waals surface area contributed by atoms with Crippen LogP contribution in [0.5, 0.6) is 0 Å². The second-order valence-electron chi connectivity index (χ2n) is 6.60. The average Bonchev–Trinajstić information content (AvgIpc) is 2.49. The molecule has 0 amide bonds. The van der Waals surface area contributed by atoms with Crippen molar-refractivity contribution in [1.29, 1.82) is 0 Å². The number of hydrogen-bond acceptors (Lipinski definition) is 3. The van der Waals surface area contributed by atoms with Crippen molar-refractivity contribution in [2.24, 2.45) is 11.7 Å². The standard InChI is InChI=1S/C18H30N2O/c1-14(2)16-6-8-17(9-7-16)18(11-19)20(3)12-15-5-4-10-21-13-15/h6-9,14-15,18H,4-5,10-13,19H2,1-3H3. The molecular formula is C18H30N2O. The highest BCUT2D eigenvalue weighted by Gasteiger charge is 2.21. The summed E-state index contributed by atoms with van der Waals surface area (Å²) in [5.74, 6) is 1.22. The maximum Gasteiger partial charge on any atom is 0.0506 e. The third kappa shape index (κ3) is 4.53. The van der Waals surface area contributed by atoms with Crippen molar-refractivity contribution in [3.63, 3.8) is 0 Å². The van der Waals surface area contributed by atoms with Crippen LogP contribution in [0.2, 0.25) is 0 Å². The van der Waals surface area contributed by atoms with E-state index >= 15 is 0 Å². The van der Waals surface area contributed by atoms with Gasteiger partial charge < -0.3 is 10.5 Å². The number of ether oxygens (including phenoxy) is 1. The molecule has 1 aliphatic rings. The Balaban J connectivity index is 2.00. The Bertz CT molecular complexity index is 410.